The first-order valence-electron chi connectivity index (χ1n) is 12.4. The second kappa shape index (κ2) is 13.8. The zero-order chi connectivity index (χ0) is 24.5. The lowest BCUT2D eigenvalue weighted by Crippen LogP contribution is -2.44. The first-order valence-corrected chi connectivity index (χ1v) is 12.4. The van der Waals surface area contributed by atoms with Crippen molar-refractivity contribution in [2.75, 3.05) is 13.1 Å². The highest BCUT2D eigenvalue weighted by Gasteiger charge is 2.49. The van der Waals surface area contributed by atoms with Gasteiger partial charge in [0.25, 0.3) is 0 Å². The molecule has 0 aromatic carbocycles. The Morgan fingerprint density at radius 3 is 1.88 bits per heavy atom. The SMILES string of the molecule is CB1OB(C)OB(C)O1.CB1OC(C)(C)[C@@H]2CCCN12.CC(C)(O)[C@@H]1CCCN1.[B]CC. The van der Waals surface area contributed by atoms with Gasteiger partial charge in [-0.15, -0.1) is 0 Å². The Bertz CT molecular complexity index is 498. The quantitative estimate of drug-likeness (QED) is 0.599. The van der Waals surface area contributed by atoms with Crippen molar-refractivity contribution in [3.05, 3.63) is 0 Å². The minimum atomic E-state index is -0.531. The van der Waals surface area contributed by atoms with Gasteiger partial charge in [0.1, 0.15) is 0 Å². The fourth-order valence-corrected chi connectivity index (χ4v) is 4.75. The Morgan fingerprint density at radius 2 is 1.53 bits per heavy atom. The topological polar surface area (TPSA) is 72.4 Å². The second-order valence-electron chi connectivity index (χ2n) is 10.0. The maximum atomic E-state index is 9.45. The van der Waals surface area contributed by atoms with Gasteiger partial charge in [-0.1, -0.05) is 13.2 Å². The Hall–Kier alpha value is 0.0447. The molecule has 4 aliphatic heterocycles. The van der Waals surface area contributed by atoms with Gasteiger partial charge < -0.3 is 33.6 Å². The summed E-state index contributed by atoms with van der Waals surface area (Å²) in [6, 6.07) is 0.995. The molecule has 4 fully saturated rings. The van der Waals surface area contributed by atoms with Gasteiger partial charge >= 0.3 is 28.4 Å². The molecule has 0 bridgehead atoms. The van der Waals surface area contributed by atoms with E-state index in [0.717, 1.165) is 19.3 Å². The van der Waals surface area contributed by atoms with Crippen LogP contribution in [-0.4, -0.2) is 82.5 Å². The summed E-state index contributed by atoms with van der Waals surface area (Å²) >= 11 is 0. The molecule has 12 heteroatoms. The maximum absolute atomic E-state index is 9.45. The number of hydrogen-bond acceptors (Lipinski definition) is 7. The largest absolute Gasteiger partial charge is 0.453 e. The molecule has 0 saturated carbocycles. The molecular formula is C20H45B5N2O5. The van der Waals surface area contributed by atoms with E-state index < -0.39 is 5.60 Å². The van der Waals surface area contributed by atoms with Gasteiger partial charge in [-0.05, 0) is 93.8 Å². The molecule has 0 aromatic heterocycles. The molecule has 4 saturated heterocycles. The van der Waals surface area contributed by atoms with Gasteiger partial charge in [-0.2, -0.15) is 0 Å². The Balaban J connectivity index is 0.000000228. The Labute approximate surface area is 200 Å². The minimum Gasteiger partial charge on any atom is -0.453 e. The fourth-order valence-electron chi connectivity index (χ4n) is 4.75. The molecule has 4 heterocycles. The van der Waals surface area contributed by atoms with E-state index in [9.17, 15) is 5.11 Å². The van der Waals surface area contributed by atoms with Crippen molar-refractivity contribution < 1.29 is 23.5 Å². The molecule has 2 atom stereocenters. The van der Waals surface area contributed by atoms with E-state index in [4.69, 9.17) is 26.2 Å². The highest BCUT2D eigenvalue weighted by molar-refractivity contribution is 6.72. The third-order valence-corrected chi connectivity index (χ3v) is 6.10. The summed E-state index contributed by atoms with van der Waals surface area (Å²) in [5.74, 6) is 0. The van der Waals surface area contributed by atoms with Crippen LogP contribution < -0.4 is 5.32 Å². The van der Waals surface area contributed by atoms with Crippen molar-refractivity contribution in [1.29, 1.82) is 0 Å². The zero-order valence-corrected chi connectivity index (χ0v) is 22.0. The van der Waals surface area contributed by atoms with Crippen LogP contribution in [0.4, 0.5) is 0 Å². The van der Waals surface area contributed by atoms with Crippen LogP contribution in [0.25, 0.3) is 0 Å². The van der Waals surface area contributed by atoms with Crippen LogP contribution in [-0.2, 0) is 18.4 Å². The van der Waals surface area contributed by atoms with Crippen molar-refractivity contribution in [3.63, 3.8) is 0 Å². The van der Waals surface area contributed by atoms with Crippen LogP contribution >= 0.6 is 0 Å². The summed E-state index contributed by atoms with van der Waals surface area (Å²) in [5.41, 5.74) is -0.438. The van der Waals surface area contributed by atoms with Crippen LogP contribution in [0.2, 0.25) is 33.6 Å². The standard InChI is InChI=1S/C8H16BNO.C7H15NO.C3H9B3O3.C2H5B/c1-8(2)7-5-4-6-10(7)9(3)11-8;1-7(2,9)6-4-3-5-8-6;1-4-7-5(2)9-6(3)8-4;1-2-3/h7H,4-6H2,1-3H3;6,8-9H,3-5H2,1-2H3;1-3H3;2H2,1H3/t7-;6-;;/m00../s1. The van der Waals surface area contributed by atoms with Crippen LogP contribution in [0.5, 0.6) is 0 Å². The highest BCUT2D eigenvalue weighted by Crippen LogP contribution is 2.36. The minimum absolute atomic E-state index is 0.0932. The van der Waals surface area contributed by atoms with Gasteiger partial charge in [0, 0.05) is 12.1 Å². The van der Waals surface area contributed by atoms with Gasteiger partial charge in [-0.3, -0.25) is 0 Å². The molecule has 0 spiro atoms. The maximum Gasteiger partial charge on any atom is 0.426 e. The van der Waals surface area contributed by atoms with Crippen LogP contribution in [0.3, 0.4) is 0 Å². The fraction of sp³-hybridized carbons (Fsp3) is 1.00. The van der Waals surface area contributed by atoms with E-state index in [1.165, 1.54) is 25.8 Å². The molecule has 0 amide bonds. The molecule has 32 heavy (non-hydrogen) atoms. The predicted octanol–water partition coefficient (Wildman–Crippen LogP) is 2.88. The first-order chi connectivity index (χ1) is 14.8. The molecule has 2 radical (unpaired) electrons. The molecule has 4 aliphatic rings. The summed E-state index contributed by atoms with van der Waals surface area (Å²) in [5, 5.41) is 12.7. The number of hydrogen-bond donors (Lipinski definition) is 2. The lowest BCUT2D eigenvalue weighted by atomic mass is 9.74. The Morgan fingerprint density at radius 1 is 1.03 bits per heavy atom. The van der Waals surface area contributed by atoms with E-state index in [-0.39, 0.29) is 27.0 Å². The van der Waals surface area contributed by atoms with E-state index in [1.54, 1.807) is 0 Å². The van der Waals surface area contributed by atoms with Crippen LogP contribution in [0.15, 0.2) is 0 Å². The molecule has 2 N–H and O–H groups in total. The summed E-state index contributed by atoms with van der Waals surface area (Å²) in [6.45, 7) is 20.1. The normalized spacial score (nSPS) is 27.1. The van der Waals surface area contributed by atoms with Gasteiger partial charge in [-0.25, -0.2) is 0 Å². The van der Waals surface area contributed by atoms with Crippen molar-refractivity contribution >= 4 is 36.3 Å². The summed E-state index contributed by atoms with van der Waals surface area (Å²) < 4.78 is 21.2. The third kappa shape index (κ3) is 10.1. The summed E-state index contributed by atoms with van der Waals surface area (Å²) in [7, 11) is 4.79. The average molecular weight is 448 g/mol. The van der Waals surface area contributed by atoms with E-state index in [1.807, 2.05) is 41.2 Å². The smallest absolute Gasteiger partial charge is 0.426 e. The zero-order valence-electron chi connectivity index (χ0n) is 22.0. The van der Waals surface area contributed by atoms with Crippen LogP contribution in [0.1, 0.15) is 60.3 Å². The van der Waals surface area contributed by atoms with E-state index in [2.05, 4.69) is 30.8 Å². The number of aliphatic hydroxyl groups is 1. The van der Waals surface area contributed by atoms with E-state index >= 15 is 0 Å². The molecule has 7 nitrogen and oxygen atoms in total. The molecule has 0 aliphatic carbocycles. The monoisotopic (exact) mass is 448 g/mol. The lowest BCUT2D eigenvalue weighted by Gasteiger charge is -2.25. The average Bonchev–Trinajstić information content (AvgIpc) is 3.37. The van der Waals surface area contributed by atoms with E-state index in [0.29, 0.717) is 19.1 Å². The number of fused-ring (bicyclic) bond motifs is 1. The predicted molar refractivity (Wildman–Crippen MR) is 138 cm³/mol. The summed E-state index contributed by atoms with van der Waals surface area (Å²) in [4.78, 5) is 2.49. The van der Waals surface area contributed by atoms with Crippen molar-refractivity contribution in [2.45, 2.75) is 117 Å². The van der Waals surface area contributed by atoms with Crippen molar-refractivity contribution in [3.8, 4) is 0 Å². The third-order valence-electron chi connectivity index (χ3n) is 6.10. The molecule has 0 unspecified atom stereocenters. The number of rotatable bonds is 1. The highest BCUT2D eigenvalue weighted by atomic mass is 16.7. The van der Waals surface area contributed by atoms with Gasteiger partial charge in [0.05, 0.1) is 19.0 Å². The molecule has 0 aromatic rings. The molecule has 180 valence electrons. The summed E-state index contributed by atoms with van der Waals surface area (Å²) in [6.07, 6.45) is 5.73. The number of nitrogens with one attached hydrogen (secondary N) is 1. The second-order valence-corrected chi connectivity index (χ2v) is 10.0. The lowest BCUT2D eigenvalue weighted by molar-refractivity contribution is 0.0449. The van der Waals surface area contributed by atoms with Crippen molar-refractivity contribution in [1.82, 2.24) is 10.1 Å². The first kappa shape index (κ1) is 30.1. The van der Waals surface area contributed by atoms with Crippen molar-refractivity contribution in [2.24, 2.45) is 0 Å². The van der Waals surface area contributed by atoms with Gasteiger partial charge in [0.2, 0.25) is 0 Å². The van der Waals surface area contributed by atoms with Crippen LogP contribution in [0, 0.1) is 0 Å². The molecule has 4 rings (SSSR count). The number of nitrogens with zero attached hydrogens (tertiary/aromatic N) is 1. The molecular weight excluding hydrogens is 402 g/mol. The van der Waals surface area contributed by atoms with Gasteiger partial charge in [0.15, 0.2) is 0 Å². The Kier molecular flexibility index (Phi) is 13.0.